The third kappa shape index (κ3) is 4.84. The lowest BCUT2D eigenvalue weighted by molar-refractivity contribution is 0.122. The number of nitrogens with one attached hydrogen (secondary N) is 1. The zero-order valence-corrected chi connectivity index (χ0v) is 18.6. The van der Waals surface area contributed by atoms with Gasteiger partial charge in [0.2, 0.25) is 0 Å². The van der Waals surface area contributed by atoms with Crippen molar-refractivity contribution in [2.45, 2.75) is 19.4 Å². The molecule has 2 aromatic carbocycles. The summed E-state index contributed by atoms with van der Waals surface area (Å²) < 4.78 is 33.2. The van der Waals surface area contributed by atoms with Crippen molar-refractivity contribution < 1.29 is 18.3 Å². The highest BCUT2D eigenvalue weighted by Gasteiger charge is 2.28. The summed E-state index contributed by atoms with van der Waals surface area (Å²) in [6.45, 7) is 3.33. The van der Waals surface area contributed by atoms with E-state index in [-0.39, 0.29) is 17.5 Å². The van der Waals surface area contributed by atoms with Crippen LogP contribution < -0.4 is 10.2 Å². The quantitative estimate of drug-likeness (QED) is 0.635. The molecule has 0 bridgehead atoms. The van der Waals surface area contributed by atoms with Crippen molar-refractivity contribution >= 4 is 17.5 Å². The van der Waals surface area contributed by atoms with Gasteiger partial charge in [-0.15, -0.1) is 0 Å². The van der Waals surface area contributed by atoms with Crippen LogP contribution >= 0.6 is 0 Å². The normalized spacial score (nSPS) is 15.7. The van der Waals surface area contributed by atoms with E-state index < -0.39 is 5.82 Å². The zero-order valence-electron chi connectivity index (χ0n) is 18.6. The van der Waals surface area contributed by atoms with E-state index in [4.69, 9.17) is 14.7 Å². The Balaban J connectivity index is 1.42. The summed E-state index contributed by atoms with van der Waals surface area (Å²) in [7, 11) is 0. The average molecular weight is 466 g/mol. The number of rotatable bonds is 4. The van der Waals surface area contributed by atoms with Crippen molar-refractivity contribution in [3.8, 4) is 0 Å². The molecular formula is C25H25F2N5O2. The number of amides is 2. The minimum absolute atomic E-state index is 0.147. The van der Waals surface area contributed by atoms with E-state index >= 15 is 0 Å². The van der Waals surface area contributed by atoms with Gasteiger partial charge in [0.25, 0.3) is 0 Å². The van der Waals surface area contributed by atoms with Crippen LogP contribution in [-0.2, 0) is 24.1 Å². The number of para-hydroxylation sites is 1. The van der Waals surface area contributed by atoms with Gasteiger partial charge in [0.1, 0.15) is 23.3 Å². The smallest absolute Gasteiger partial charge is 0.322 e. The Morgan fingerprint density at radius 1 is 1.03 bits per heavy atom. The van der Waals surface area contributed by atoms with Crippen LogP contribution in [0.4, 0.5) is 25.1 Å². The first-order valence-corrected chi connectivity index (χ1v) is 11.3. The lowest BCUT2D eigenvalue weighted by atomic mass is 10.0. The highest BCUT2D eigenvalue weighted by molar-refractivity contribution is 5.89. The molecule has 1 fully saturated rings. The molecule has 0 spiro atoms. The first-order valence-electron chi connectivity index (χ1n) is 11.3. The molecule has 0 saturated carbocycles. The summed E-state index contributed by atoms with van der Waals surface area (Å²) in [6.07, 6.45) is 0.968. The summed E-state index contributed by atoms with van der Waals surface area (Å²) in [5, 5.41) is 2.66. The Kier molecular flexibility index (Phi) is 6.35. The van der Waals surface area contributed by atoms with Crippen molar-refractivity contribution in [1.82, 2.24) is 14.9 Å². The van der Waals surface area contributed by atoms with Crippen molar-refractivity contribution in [2.24, 2.45) is 0 Å². The first kappa shape index (κ1) is 22.2. The van der Waals surface area contributed by atoms with Crippen molar-refractivity contribution in [3.63, 3.8) is 0 Å². The van der Waals surface area contributed by atoms with Gasteiger partial charge in [-0.25, -0.2) is 23.5 Å². The van der Waals surface area contributed by atoms with Crippen LogP contribution in [0.15, 0.2) is 48.5 Å². The van der Waals surface area contributed by atoms with E-state index in [0.29, 0.717) is 58.1 Å². The van der Waals surface area contributed by atoms with Gasteiger partial charge in [0.15, 0.2) is 0 Å². The van der Waals surface area contributed by atoms with Gasteiger partial charge in [-0.1, -0.05) is 24.3 Å². The third-order valence-corrected chi connectivity index (χ3v) is 6.05. The number of fused-ring (bicyclic) bond motifs is 1. The maximum atomic E-state index is 14.0. The van der Waals surface area contributed by atoms with Crippen LogP contribution in [-0.4, -0.2) is 53.7 Å². The van der Waals surface area contributed by atoms with Crippen molar-refractivity contribution in [3.05, 3.63) is 82.8 Å². The Bertz CT molecular complexity index is 1200. The van der Waals surface area contributed by atoms with E-state index in [9.17, 15) is 13.6 Å². The molecule has 1 N–H and O–H groups in total. The Morgan fingerprint density at radius 2 is 1.85 bits per heavy atom. The molecule has 0 radical (unpaired) electrons. The molecule has 2 aliphatic rings. The van der Waals surface area contributed by atoms with E-state index in [0.717, 1.165) is 22.6 Å². The number of ether oxygens (including phenoxy) is 1. The average Bonchev–Trinajstić information content (AvgIpc) is 2.85. The SMILES string of the molecule is O=C(Nc1ccccc1F)N1CCc2nc(Cc3cccc(F)c3)nc(N3CCOCC3)c2C1. The van der Waals surface area contributed by atoms with Gasteiger partial charge in [-0.3, -0.25) is 0 Å². The molecular weight excluding hydrogens is 440 g/mol. The second kappa shape index (κ2) is 9.72. The van der Waals surface area contributed by atoms with Gasteiger partial charge in [-0.2, -0.15) is 0 Å². The molecule has 1 aromatic heterocycles. The van der Waals surface area contributed by atoms with Crippen molar-refractivity contribution in [2.75, 3.05) is 43.1 Å². The van der Waals surface area contributed by atoms with Crippen LogP contribution in [0.2, 0.25) is 0 Å². The summed E-state index contributed by atoms with van der Waals surface area (Å²) in [6, 6.07) is 12.2. The van der Waals surface area contributed by atoms with Gasteiger partial charge >= 0.3 is 6.03 Å². The molecule has 0 unspecified atom stereocenters. The van der Waals surface area contributed by atoms with E-state index in [1.165, 1.54) is 24.3 Å². The molecule has 0 aliphatic carbocycles. The van der Waals surface area contributed by atoms with Gasteiger partial charge in [0, 0.05) is 38.0 Å². The standard InChI is InChI=1S/C25H25F2N5O2/c26-18-5-3-4-17(14-18)15-23-28-21-8-9-32(25(33)29-22-7-2-1-6-20(22)27)16-19(21)24(30-23)31-10-12-34-13-11-31/h1-7,14H,8-13,15-16H2,(H,29,33). The number of carbonyl (C=O) groups is 1. The van der Waals surface area contributed by atoms with Gasteiger partial charge < -0.3 is 19.9 Å². The molecule has 9 heteroatoms. The van der Waals surface area contributed by atoms with Crippen LogP contribution in [0, 0.1) is 11.6 Å². The summed E-state index contributed by atoms with van der Waals surface area (Å²) in [5.74, 6) is 0.631. The predicted octanol–water partition coefficient (Wildman–Crippen LogP) is 3.77. The van der Waals surface area contributed by atoms with Crippen molar-refractivity contribution in [1.29, 1.82) is 0 Å². The minimum Gasteiger partial charge on any atom is -0.378 e. The maximum absolute atomic E-state index is 14.0. The second-order valence-corrected chi connectivity index (χ2v) is 8.38. The minimum atomic E-state index is -0.479. The molecule has 5 rings (SSSR count). The summed E-state index contributed by atoms with van der Waals surface area (Å²) in [5.41, 5.74) is 2.72. The lowest BCUT2D eigenvalue weighted by Crippen LogP contribution is -2.42. The van der Waals surface area contributed by atoms with Crippen LogP contribution in [0.25, 0.3) is 0 Å². The van der Waals surface area contributed by atoms with Crippen LogP contribution in [0.5, 0.6) is 0 Å². The van der Waals surface area contributed by atoms with E-state index in [1.54, 1.807) is 23.1 Å². The number of halogens is 2. The van der Waals surface area contributed by atoms with Crippen LogP contribution in [0.3, 0.4) is 0 Å². The number of hydrogen-bond donors (Lipinski definition) is 1. The zero-order chi connectivity index (χ0) is 23.5. The van der Waals surface area contributed by atoms with Gasteiger partial charge in [0.05, 0.1) is 31.1 Å². The Morgan fingerprint density at radius 3 is 2.65 bits per heavy atom. The fraction of sp³-hybridized carbons (Fsp3) is 0.320. The Labute approximate surface area is 196 Å². The van der Waals surface area contributed by atoms with E-state index in [2.05, 4.69) is 10.2 Å². The molecule has 7 nitrogen and oxygen atoms in total. The molecule has 176 valence electrons. The molecule has 3 aromatic rings. The number of anilines is 2. The number of aromatic nitrogens is 2. The fourth-order valence-electron chi connectivity index (χ4n) is 4.32. The topological polar surface area (TPSA) is 70.6 Å². The molecule has 2 aliphatic heterocycles. The molecule has 1 saturated heterocycles. The molecule has 3 heterocycles. The highest BCUT2D eigenvalue weighted by Crippen LogP contribution is 2.29. The Hall–Kier alpha value is -3.59. The number of benzene rings is 2. The monoisotopic (exact) mass is 465 g/mol. The number of hydrogen-bond acceptors (Lipinski definition) is 5. The highest BCUT2D eigenvalue weighted by atomic mass is 19.1. The fourth-order valence-corrected chi connectivity index (χ4v) is 4.32. The lowest BCUT2D eigenvalue weighted by Gasteiger charge is -2.34. The molecule has 0 atom stereocenters. The van der Waals surface area contributed by atoms with Crippen LogP contribution in [0.1, 0.15) is 22.6 Å². The second-order valence-electron chi connectivity index (χ2n) is 8.38. The van der Waals surface area contributed by atoms with E-state index in [1.807, 2.05) is 6.07 Å². The third-order valence-electron chi connectivity index (χ3n) is 6.05. The number of urea groups is 1. The first-order chi connectivity index (χ1) is 16.6. The largest absolute Gasteiger partial charge is 0.378 e. The number of nitrogens with zero attached hydrogens (tertiary/aromatic N) is 4. The van der Waals surface area contributed by atoms with Gasteiger partial charge in [-0.05, 0) is 29.8 Å². The molecule has 2 amide bonds. The summed E-state index contributed by atoms with van der Waals surface area (Å²) >= 11 is 0. The molecule has 34 heavy (non-hydrogen) atoms. The number of morpholine rings is 1. The maximum Gasteiger partial charge on any atom is 0.322 e. The number of carbonyl (C=O) groups excluding carboxylic acids is 1. The predicted molar refractivity (Wildman–Crippen MR) is 124 cm³/mol. The summed E-state index contributed by atoms with van der Waals surface area (Å²) in [4.78, 5) is 26.3.